The zero-order valence-electron chi connectivity index (χ0n) is 7.91. The van der Waals surface area contributed by atoms with Gasteiger partial charge < -0.3 is 0 Å². The molecule has 0 aliphatic carbocycles. The van der Waals surface area contributed by atoms with E-state index >= 15 is 0 Å². The van der Waals surface area contributed by atoms with Crippen LogP contribution in [0.3, 0.4) is 0 Å². The molecule has 1 aromatic rings. The van der Waals surface area contributed by atoms with Crippen LogP contribution in [-0.2, 0) is 13.1 Å². The van der Waals surface area contributed by atoms with Gasteiger partial charge in [-0.1, -0.05) is 30.1 Å². The van der Waals surface area contributed by atoms with Crippen LogP contribution >= 0.6 is 23.2 Å². The van der Waals surface area contributed by atoms with Crippen LogP contribution in [0.4, 0.5) is 0 Å². The first-order valence-electron chi connectivity index (χ1n) is 4.39. The van der Waals surface area contributed by atoms with E-state index in [9.17, 15) is 4.79 Å². The van der Waals surface area contributed by atoms with Crippen molar-refractivity contribution in [3.05, 3.63) is 33.4 Å². The Morgan fingerprint density at radius 3 is 2.71 bits per heavy atom. The summed E-state index contributed by atoms with van der Waals surface area (Å²) in [6.07, 6.45) is 4.40. The van der Waals surface area contributed by atoms with Gasteiger partial charge in [0, 0.05) is 29.5 Å². The number of allylic oxidation sites excluding steroid dienone is 1. The summed E-state index contributed by atoms with van der Waals surface area (Å²) in [6, 6.07) is 0. The first kappa shape index (κ1) is 11.4. The normalized spacial score (nSPS) is 12.1. The molecule has 3 nitrogen and oxygen atoms in total. The highest BCUT2D eigenvalue weighted by atomic mass is 35.5. The first-order chi connectivity index (χ1) is 6.69. The minimum Gasteiger partial charge on any atom is -0.299 e. The van der Waals surface area contributed by atoms with Crippen molar-refractivity contribution in [2.24, 2.45) is 0 Å². The van der Waals surface area contributed by atoms with Gasteiger partial charge in [0.2, 0.25) is 0 Å². The van der Waals surface area contributed by atoms with Crippen LogP contribution < -0.4 is 5.69 Å². The lowest BCUT2D eigenvalue weighted by molar-refractivity contribution is 0.626. The molecule has 0 saturated carbocycles. The molecule has 1 rings (SSSR count). The molecule has 1 aromatic heterocycles. The van der Waals surface area contributed by atoms with Crippen molar-refractivity contribution >= 4 is 23.2 Å². The van der Waals surface area contributed by atoms with Gasteiger partial charge in [0.25, 0.3) is 0 Å². The molecule has 78 valence electrons. The summed E-state index contributed by atoms with van der Waals surface area (Å²) < 4.78 is 3.18. The molecule has 14 heavy (non-hydrogen) atoms. The number of aromatic nitrogens is 2. The van der Waals surface area contributed by atoms with Gasteiger partial charge in [0.15, 0.2) is 0 Å². The Labute approximate surface area is 92.5 Å². The number of rotatable bonds is 4. The summed E-state index contributed by atoms with van der Waals surface area (Å²) in [7, 11) is 0. The number of hydrogen-bond donors (Lipinski definition) is 0. The van der Waals surface area contributed by atoms with Crippen molar-refractivity contribution in [2.75, 3.05) is 0 Å². The number of aryl methyl sites for hydroxylation is 1. The number of imidazole rings is 1. The van der Waals surface area contributed by atoms with E-state index in [1.807, 2.05) is 6.92 Å². The van der Waals surface area contributed by atoms with E-state index in [0.717, 1.165) is 13.0 Å². The van der Waals surface area contributed by atoms with Crippen LogP contribution in [0.25, 0.3) is 0 Å². The van der Waals surface area contributed by atoms with Gasteiger partial charge in [-0.05, 0) is 6.42 Å². The maximum Gasteiger partial charge on any atom is 0.328 e. The van der Waals surface area contributed by atoms with Crippen molar-refractivity contribution in [1.82, 2.24) is 9.13 Å². The van der Waals surface area contributed by atoms with E-state index in [0.29, 0.717) is 11.6 Å². The molecule has 0 unspecified atom stereocenters. The first-order valence-corrected chi connectivity index (χ1v) is 5.20. The minimum absolute atomic E-state index is 0.0523. The van der Waals surface area contributed by atoms with Crippen LogP contribution in [0.15, 0.2) is 27.8 Å². The summed E-state index contributed by atoms with van der Waals surface area (Å²) in [5.74, 6) is 0. The Hall–Kier alpha value is -0.670. The zero-order chi connectivity index (χ0) is 10.6. The van der Waals surface area contributed by atoms with Crippen LogP contribution in [0, 0.1) is 0 Å². The predicted octanol–water partition coefficient (Wildman–Crippen LogP) is 2.38. The smallest absolute Gasteiger partial charge is 0.299 e. The maximum atomic E-state index is 11.6. The minimum atomic E-state index is -0.0523. The van der Waals surface area contributed by atoms with Gasteiger partial charge >= 0.3 is 5.69 Å². The van der Waals surface area contributed by atoms with Gasteiger partial charge in [-0.3, -0.25) is 9.13 Å². The summed E-state index contributed by atoms with van der Waals surface area (Å²) in [4.78, 5) is 11.6. The van der Waals surface area contributed by atoms with Crippen LogP contribution in [0.1, 0.15) is 13.3 Å². The molecule has 0 saturated heterocycles. The van der Waals surface area contributed by atoms with E-state index in [4.69, 9.17) is 23.2 Å². The average molecular weight is 235 g/mol. The quantitative estimate of drug-likeness (QED) is 0.787. The molecule has 0 aromatic carbocycles. The summed E-state index contributed by atoms with van der Waals surface area (Å²) in [5, 5.41) is 0.447. The second kappa shape index (κ2) is 5.27. The standard InChI is InChI=1S/C9H12Cl2N2O/c1-2-3-12-4-5-13(9(12)14)7-8(11)6-10/h4-6H,2-3,7H2,1H3/b8-6-. The molecule has 0 spiro atoms. The lowest BCUT2D eigenvalue weighted by atomic mass is 10.5. The third-order valence-corrected chi connectivity index (χ3v) is 2.43. The van der Waals surface area contributed by atoms with Gasteiger partial charge in [-0.2, -0.15) is 0 Å². The number of nitrogens with zero attached hydrogens (tertiary/aromatic N) is 2. The Bertz CT molecular complexity index is 378. The Kier molecular flexibility index (Phi) is 4.29. The van der Waals surface area contributed by atoms with E-state index in [2.05, 4.69) is 0 Å². The number of halogens is 2. The van der Waals surface area contributed by atoms with Crippen molar-refractivity contribution in [2.45, 2.75) is 26.4 Å². The summed E-state index contributed by atoms with van der Waals surface area (Å²) >= 11 is 11.1. The molecule has 0 aliphatic rings. The highest BCUT2D eigenvalue weighted by molar-refractivity contribution is 6.36. The predicted molar refractivity (Wildman–Crippen MR) is 58.8 cm³/mol. The Balaban J connectivity index is 2.85. The van der Waals surface area contributed by atoms with E-state index in [1.165, 1.54) is 10.1 Å². The van der Waals surface area contributed by atoms with E-state index in [1.54, 1.807) is 17.0 Å². The average Bonchev–Trinajstić information content (AvgIpc) is 2.50. The van der Waals surface area contributed by atoms with Crippen molar-refractivity contribution < 1.29 is 0 Å². The molecule has 0 fully saturated rings. The fourth-order valence-corrected chi connectivity index (χ4v) is 1.38. The highest BCUT2D eigenvalue weighted by Crippen LogP contribution is 2.05. The Morgan fingerprint density at radius 1 is 1.50 bits per heavy atom. The number of hydrogen-bond acceptors (Lipinski definition) is 1. The van der Waals surface area contributed by atoms with E-state index < -0.39 is 0 Å². The largest absolute Gasteiger partial charge is 0.328 e. The molecule has 5 heteroatoms. The fourth-order valence-electron chi connectivity index (χ4n) is 1.18. The molecule has 1 heterocycles. The van der Waals surface area contributed by atoms with Crippen molar-refractivity contribution in [3.63, 3.8) is 0 Å². The summed E-state index contributed by atoms with van der Waals surface area (Å²) in [5.41, 5.74) is 1.22. The van der Waals surface area contributed by atoms with Crippen LogP contribution in [0.2, 0.25) is 0 Å². The molecule has 0 radical (unpaired) electrons. The van der Waals surface area contributed by atoms with Gasteiger partial charge in [-0.15, -0.1) is 0 Å². The van der Waals surface area contributed by atoms with Gasteiger partial charge in [0.1, 0.15) is 0 Å². The molecule has 0 N–H and O–H groups in total. The summed E-state index contributed by atoms with van der Waals surface area (Å²) in [6.45, 7) is 3.09. The molecular formula is C9H12Cl2N2O. The van der Waals surface area contributed by atoms with Gasteiger partial charge in [0.05, 0.1) is 6.54 Å². The zero-order valence-corrected chi connectivity index (χ0v) is 9.42. The lowest BCUT2D eigenvalue weighted by Gasteiger charge is -1.99. The van der Waals surface area contributed by atoms with Gasteiger partial charge in [-0.25, -0.2) is 4.79 Å². The molecule has 0 bridgehead atoms. The lowest BCUT2D eigenvalue weighted by Crippen LogP contribution is -2.24. The molecule has 0 atom stereocenters. The Morgan fingerprint density at radius 2 is 2.14 bits per heavy atom. The second-order valence-corrected chi connectivity index (χ2v) is 3.66. The third-order valence-electron chi connectivity index (χ3n) is 1.82. The SMILES string of the molecule is CCCn1ccn(C/C(Cl)=C/Cl)c1=O. The van der Waals surface area contributed by atoms with Crippen LogP contribution in [0.5, 0.6) is 0 Å². The van der Waals surface area contributed by atoms with Crippen molar-refractivity contribution in [3.8, 4) is 0 Å². The highest BCUT2D eigenvalue weighted by Gasteiger charge is 2.02. The third kappa shape index (κ3) is 2.66. The molecular weight excluding hydrogens is 223 g/mol. The maximum absolute atomic E-state index is 11.6. The molecule has 0 aliphatic heterocycles. The topological polar surface area (TPSA) is 26.9 Å². The second-order valence-electron chi connectivity index (χ2n) is 2.96. The van der Waals surface area contributed by atoms with E-state index in [-0.39, 0.29) is 5.69 Å². The van der Waals surface area contributed by atoms with Crippen LogP contribution in [-0.4, -0.2) is 9.13 Å². The fraction of sp³-hybridized carbons (Fsp3) is 0.444. The monoisotopic (exact) mass is 234 g/mol. The van der Waals surface area contributed by atoms with Crippen molar-refractivity contribution in [1.29, 1.82) is 0 Å². The molecule has 0 amide bonds.